The molecule has 1 aromatic heterocycles. The lowest BCUT2D eigenvalue weighted by atomic mass is 9.82. The van der Waals surface area contributed by atoms with Crippen LogP contribution in [0.4, 0.5) is 17.1 Å². The summed E-state index contributed by atoms with van der Waals surface area (Å²) < 4.78 is 2.40. The van der Waals surface area contributed by atoms with Gasteiger partial charge in [-0.3, -0.25) is 0 Å². The highest BCUT2D eigenvalue weighted by atomic mass is 15.1. The van der Waals surface area contributed by atoms with Crippen molar-refractivity contribution < 1.29 is 0 Å². The number of aromatic nitrogens is 1. The van der Waals surface area contributed by atoms with Gasteiger partial charge in [0, 0.05) is 44.2 Å². The van der Waals surface area contributed by atoms with Crippen LogP contribution < -0.4 is 4.90 Å². The summed E-state index contributed by atoms with van der Waals surface area (Å²) >= 11 is 0. The molecule has 1 heterocycles. The lowest BCUT2D eigenvalue weighted by Gasteiger charge is -2.30. The van der Waals surface area contributed by atoms with Crippen LogP contribution in [0.2, 0.25) is 0 Å². The van der Waals surface area contributed by atoms with E-state index in [0.717, 1.165) is 17.1 Å². The highest BCUT2D eigenvalue weighted by molar-refractivity contribution is 6.09. The van der Waals surface area contributed by atoms with E-state index in [9.17, 15) is 0 Å². The van der Waals surface area contributed by atoms with Crippen molar-refractivity contribution >= 4 is 38.9 Å². The first-order valence-corrected chi connectivity index (χ1v) is 19.8. The zero-order chi connectivity index (χ0) is 37.8. The summed E-state index contributed by atoms with van der Waals surface area (Å²) in [5.74, 6) is 0. The fraction of sp³-hybridized carbons (Fsp3) is 0.111. The van der Waals surface area contributed by atoms with Crippen molar-refractivity contribution in [3.05, 3.63) is 204 Å². The summed E-state index contributed by atoms with van der Waals surface area (Å²) in [4.78, 5) is 2.51. The van der Waals surface area contributed by atoms with E-state index in [2.05, 4.69) is 219 Å². The van der Waals surface area contributed by atoms with Crippen LogP contribution in [-0.4, -0.2) is 4.57 Å². The van der Waals surface area contributed by atoms with Gasteiger partial charge in [-0.25, -0.2) is 0 Å². The molecule has 56 heavy (non-hydrogen) atoms. The molecule has 0 saturated heterocycles. The van der Waals surface area contributed by atoms with Crippen LogP contribution in [0.1, 0.15) is 49.9 Å². The average Bonchev–Trinajstić information content (AvgIpc) is 3.79. The van der Waals surface area contributed by atoms with Gasteiger partial charge in [-0.15, -0.1) is 0 Å². The molecule has 0 bridgehead atoms. The third-order valence-electron chi connectivity index (χ3n) is 12.8. The van der Waals surface area contributed by atoms with Gasteiger partial charge in [-0.2, -0.15) is 0 Å². The van der Waals surface area contributed by atoms with Crippen LogP contribution in [0.5, 0.6) is 0 Å². The van der Waals surface area contributed by atoms with E-state index >= 15 is 0 Å². The van der Waals surface area contributed by atoms with Crippen molar-refractivity contribution in [1.82, 2.24) is 4.57 Å². The maximum Gasteiger partial charge on any atom is 0.0543 e. The average molecular weight is 719 g/mol. The van der Waals surface area contributed by atoms with Crippen LogP contribution in [0, 0.1) is 0 Å². The van der Waals surface area contributed by atoms with Crippen LogP contribution in [0.15, 0.2) is 182 Å². The molecule has 0 amide bonds. The first-order valence-electron chi connectivity index (χ1n) is 19.8. The quantitative estimate of drug-likeness (QED) is 0.172. The molecule has 0 N–H and O–H groups in total. The number of hydrogen-bond donors (Lipinski definition) is 0. The smallest absolute Gasteiger partial charge is 0.0543 e. The molecule has 0 aliphatic heterocycles. The molecule has 2 heteroatoms. The molecule has 0 radical (unpaired) electrons. The molecule has 2 aliphatic rings. The third kappa shape index (κ3) is 4.62. The monoisotopic (exact) mass is 718 g/mol. The summed E-state index contributed by atoms with van der Waals surface area (Å²) in [5, 5.41) is 2.54. The van der Waals surface area contributed by atoms with E-state index in [1.165, 1.54) is 83.1 Å². The highest BCUT2D eigenvalue weighted by Gasteiger charge is 2.39. The van der Waals surface area contributed by atoms with E-state index in [1.807, 2.05) is 0 Å². The van der Waals surface area contributed by atoms with Crippen molar-refractivity contribution in [3.8, 4) is 39.1 Å². The number of anilines is 3. The first kappa shape index (κ1) is 32.8. The van der Waals surface area contributed by atoms with Crippen molar-refractivity contribution in [2.24, 2.45) is 0 Å². The standard InChI is InChI=1S/C54H42N2/c1-53(2)46-25-10-6-23-44(46)52-47(53)26-15-29-51(52)55(39-30-31-41-40-20-5-9-24-45(40)54(3,4)48(41)34-39)37-18-13-16-35(32-37)36-17-14-19-38(33-36)56-49-27-11-7-21-42(49)43-22-8-12-28-50(43)56/h5-34H,1-4H3. The molecule has 0 saturated carbocycles. The Morgan fingerprint density at radius 2 is 0.929 bits per heavy atom. The van der Waals surface area contributed by atoms with E-state index in [0.29, 0.717) is 0 Å². The summed E-state index contributed by atoms with van der Waals surface area (Å²) in [7, 11) is 0. The molecule has 0 spiro atoms. The normalized spacial score (nSPS) is 14.4. The first-order chi connectivity index (χ1) is 27.3. The van der Waals surface area contributed by atoms with E-state index in [1.54, 1.807) is 0 Å². The van der Waals surface area contributed by atoms with Crippen LogP contribution in [0.25, 0.3) is 60.9 Å². The summed E-state index contributed by atoms with van der Waals surface area (Å²) in [6.07, 6.45) is 0. The fourth-order valence-electron chi connectivity index (χ4n) is 10.0. The molecule has 0 atom stereocenters. The molecule has 9 aromatic rings. The minimum absolute atomic E-state index is 0.107. The number of benzene rings is 8. The molecule has 2 aliphatic carbocycles. The fourth-order valence-corrected chi connectivity index (χ4v) is 10.0. The molecule has 268 valence electrons. The Labute approximate surface area is 328 Å². The van der Waals surface area contributed by atoms with Crippen molar-refractivity contribution in [3.63, 3.8) is 0 Å². The zero-order valence-electron chi connectivity index (χ0n) is 32.2. The Morgan fingerprint density at radius 1 is 0.393 bits per heavy atom. The molecule has 0 fully saturated rings. The molecule has 11 rings (SSSR count). The van der Waals surface area contributed by atoms with Gasteiger partial charge in [0.05, 0.1) is 16.7 Å². The van der Waals surface area contributed by atoms with Gasteiger partial charge < -0.3 is 9.47 Å². The second-order valence-corrected chi connectivity index (χ2v) is 16.6. The summed E-state index contributed by atoms with van der Waals surface area (Å²) in [6.45, 7) is 9.47. The molecular weight excluding hydrogens is 677 g/mol. The second-order valence-electron chi connectivity index (χ2n) is 16.6. The molecule has 0 unspecified atom stereocenters. The molecular formula is C54H42N2. The number of nitrogens with zero attached hydrogens (tertiary/aromatic N) is 2. The lowest BCUT2D eigenvalue weighted by molar-refractivity contribution is 0.660. The number of para-hydroxylation sites is 2. The van der Waals surface area contributed by atoms with Crippen molar-refractivity contribution in [2.45, 2.75) is 38.5 Å². The topological polar surface area (TPSA) is 8.17 Å². The summed E-state index contributed by atoms with van der Waals surface area (Å²) in [6, 6.07) is 67.6. The minimum Gasteiger partial charge on any atom is -0.310 e. The minimum atomic E-state index is -0.115. The number of rotatable bonds is 5. The Hall–Kier alpha value is -6.64. The van der Waals surface area contributed by atoms with Gasteiger partial charge in [0.15, 0.2) is 0 Å². The zero-order valence-corrected chi connectivity index (χ0v) is 32.2. The maximum absolute atomic E-state index is 2.51. The van der Waals surface area contributed by atoms with Gasteiger partial charge in [0.25, 0.3) is 0 Å². The van der Waals surface area contributed by atoms with E-state index < -0.39 is 0 Å². The van der Waals surface area contributed by atoms with Crippen molar-refractivity contribution in [1.29, 1.82) is 0 Å². The highest BCUT2D eigenvalue weighted by Crippen LogP contribution is 2.56. The lowest BCUT2D eigenvalue weighted by Crippen LogP contribution is -2.17. The third-order valence-corrected chi connectivity index (χ3v) is 12.8. The van der Waals surface area contributed by atoms with Crippen LogP contribution in [0.3, 0.4) is 0 Å². The Balaban J connectivity index is 1.11. The Kier molecular flexibility index (Phi) is 6.98. The largest absolute Gasteiger partial charge is 0.310 e. The van der Waals surface area contributed by atoms with Gasteiger partial charge in [0.2, 0.25) is 0 Å². The van der Waals surface area contributed by atoms with Crippen molar-refractivity contribution in [2.75, 3.05) is 4.90 Å². The Morgan fingerprint density at radius 3 is 1.68 bits per heavy atom. The number of fused-ring (bicyclic) bond motifs is 9. The predicted octanol–water partition coefficient (Wildman–Crippen LogP) is 14.5. The maximum atomic E-state index is 2.51. The van der Waals surface area contributed by atoms with Crippen LogP contribution >= 0.6 is 0 Å². The Bertz CT molecular complexity index is 2990. The second kappa shape index (κ2) is 11.9. The van der Waals surface area contributed by atoms with E-state index in [4.69, 9.17) is 0 Å². The van der Waals surface area contributed by atoms with E-state index in [-0.39, 0.29) is 10.8 Å². The number of hydrogen-bond acceptors (Lipinski definition) is 1. The van der Waals surface area contributed by atoms with Crippen LogP contribution in [-0.2, 0) is 10.8 Å². The molecule has 8 aromatic carbocycles. The van der Waals surface area contributed by atoms with Gasteiger partial charge in [-0.1, -0.05) is 155 Å². The van der Waals surface area contributed by atoms with Gasteiger partial charge in [-0.05, 0) is 105 Å². The van der Waals surface area contributed by atoms with Gasteiger partial charge >= 0.3 is 0 Å². The summed E-state index contributed by atoms with van der Waals surface area (Å²) in [5.41, 5.74) is 20.0. The SMILES string of the molecule is CC1(C)c2ccccc2-c2ccc(N(c3cccc(-c4cccc(-n5c6ccccc6c6ccccc65)c4)c3)c3cccc4c3-c3ccccc3C4(C)C)cc21. The van der Waals surface area contributed by atoms with Gasteiger partial charge in [0.1, 0.15) is 0 Å². The molecule has 2 nitrogen and oxygen atoms in total. The predicted molar refractivity (Wildman–Crippen MR) is 236 cm³/mol.